The molecule has 2 amide bonds. The number of piperazine rings is 1. The van der Waals surface area contributed by atoms with Crippen molar-refractivity contribution in [3.8, 4) is 5.88 Å². The number of hydrogen-bond donors (Lipinski definition) is 2. The third-order valence-corrected chi connectivity index (χ3v) is 6.63. The number of aliphatic hydroxyl groups excluding tert-OH is 2. The number of hydrogen-bond acceptors (Lipinski definition) is 10. The van der Waals surface area contributed by atoms with E-state index in [9.17, 15) is 14.7 Å². The van der Waals surface area contributed by atoms with Crippen molar-refractivity contribution in [2.24, 2.45) is 0 Å². The predicted octanol–water partition coefficient (Wildman–Crippen LogP) is 0.224. The van der Waals surface area contributed by atoms with Crippen molar-refractivity contribution < 1.29 is 33.7 Å². The Morgan fingerprint density at radius 1 is 1.33 bits per heavy atom. The average molecular weight is 479 g/mol. The number of likely N-dealkylation sites (tertiary alicyclic amines) is 1. The zero-order chi connectivity index (χ0) is 23.1. The summed E-state index contributed by atoms with van der Waals surface area (Å²) < 4.78 is 33.6. The second-order valence-electron chi connectivity index (χ2n) is 8.19. The SMILES string of the molecule is O=C1OC(COc2cnsn2)CN1c1ccc(N2CC3CC2CN3C(=O)C(O)CO)c(F)c1. The lowest BCUT2D eigenvalue weighted by molar-refractivity contribution is -0.143. The number of carbonyl (C=O) groups excluding carboxylic acids is 2. The van der Waals surface area contributed by atoms with Crippen molar-refractivity contribution in [2.45, 2.75) is 30.7 Å². The van der Waals surface area contributed by atoms with E-state index in [0.717, 1.165) is 11.7 Å². The number of aromatic nitrogens is 2. The van der Waals surface area contributed by atoms with Crippen LogP contribution >= 0.6 is 11.7 Å². The molecule has 0 saturated carbocycles. The molecule has 3 saturated heterocycles. The quantitative estimate of drug-likeness (QED) is 0.573. The van der Waals surface area contributed by atoms with Crippen LogP contribution in [0.4, 0.5) is 20.6 Å². The molecule has 2 aromatic rings. The minimum atomic E-state index is -1.43. The lowest BCUT2D eigenvalue weighted by atomic mass is 10.2. The number of nitrogens with zero attached hydrogens (tertiary/aromatic N) is 5. The van der Waals surface area contributed by atoms with Crippen LogP contribution in [0, 0.1) is 5.82 Å². The topological polar surface area (TPSA) is 129 Å². The lowest BCUT2D eigenvalue weighted by Gasteiger charge is -2.36. The minimum absolute atomic E-state index is 0.0799. The molecule has 2 N–H and O–H groups in total. The molecule has 3 aliphatic rings. The summed E-state index contributed by atoms with van der Waals surface area (Å²) in [5.74, 6) is -0.622. The molecule has 3 fully saturated rings. The fraction of sp³-hybridized carbons (Fsp3) is 0.500. The van der Waals surface area contributed by atoms with E-state index in [1.165, 1.54) is 17.2 Å². The number of benzene rings is 1. The van der Waals surface area contributed by atoms with Gasteiger partial charge in [-0.1, -0.05) is 0 Å². The standard InChI is InChI=1S/C20H22FN5O6S/c21-15-4-11(26-8-14(32-20(26)30)10-31-18-5-22-33-23-18)1-2-16(15)24-6-13-3-12(24)7-25(13)19(29)17(28)9-27/h1-2,4-5,12-14,17,27-28H,3,6-10H2. The number of ether oxygens (including phenoxy) is 2. The number of aliphatic hydroxyl groups is 2. The number of fused-ring (bicyclic) bond motifs is 2. The van der Waals surface area contributed by atoms with E-state index in [-0.39, 0.29) is 25.2 Å². The minimum Gasteiger partial charge on any atom is -0.472 e. The molecule has 0 spiro atoms. The molecule has 176 valence electrons. The molecule has 3 aliphatic heterocycles. The van der Waals surface area contributed by atoms with Crippen LogP contribution in [0.3, 0.4) is 0 Å². The first-order valence-electron chi connectivity index (χ1n) is 10.5. The Bertz CT molecular complexity index is 1040. The lowest BCUT2D eigenvalue weighted by Crippen LogP contribution is -2.52. The van der Waals surface area contributed by atoms with Crippen LogP contribution in [0.1, 0.15) is 6.42 Å². The van der Waals surface area contributed by atoms with Crippen LogP contribution < -0.4 is 14.5 Å². The maximum absolute atomic E-state index is 15.1. The van der Waals surface area contributed by atoms with Crippen molar-refractivity contribution in [1.29, 1.82) is 0 Å². The molecular formula is C20H22FN5O6S. The molecule has 11 nitrogen and oxygen atoms in total. The molecule has 4 atom stereocenters. The van der Waals surface area contributed by atoms with Gasteiger partial charge in [0.05, 0.1) is 42.3 Å². The number of cyclic esters (lactones) is 1. The highest BCUT2D eigenvalue weighted by molar-refractivity contribution is 6.99. The summed E-state index contributed by atoms with van der Waals surface area (Å²) in [6.07, 6.45) is -0.387. The van der Waals surface area contributed by atoms with Crippen molar-refractivity contribution in [1.82, 2.24) is 13.6 Å². The molecule has 2 bridgehead atoms. The van der Waals surface area contributed by atoms with Crippen molar-refractivity contribution in [3.05, 3.63) is 30.2 Å². The first-order valence-corrected chi connectivity index (χ1v) is 11.2. The van der Waals surface area contributed by atoms with Gasteiger partial charge < -0.3 is 29.5 Å². The second-order valence-corrected chi connectivity index (χ2v) is 8.75. The second kappa shape index (κ2) is 8.72. The van der Waals surface area contributed by atoms with E-state index in [1.54, 1.807) is 17.0 Å². The molecule has 0 radical (unpaired) electrons. The summed E-state index contributed by atoms with van der Waals surface area (Å²) in [7, 11) is 0. The fourth-order valence-corrected chi connectivity index (χ4v) is 4.98. The number of carbonyl (C=O) groups is 2. The van der Waals surface area contributed by atoms with Gasteiger partial charge in [-0.15, -0.1) is 4.37 Å². The third kappa shape index (κ3) is 4.07. The number of rotatable bonds is 7. The van der Waals surface area contributed by atoms with Crippen LogP contribution in [0.25, 0.3) is 0 Å². The Morgan fingerprint density at radius 2 is 2.18 bits per heavy atom. The monoisotopic (exact) mass is 479 g/mol. The number of halogens is 1. The highest BCUT2D eigenvalue weighted by atomic mass is 32.1. The maximum atomic E-state index is 15.1. The van der Waals surface area contributed by atoms with Gasteiger partial charge in [0.25, 0.3) is 5.91 Å². The van der Waals surface area contributed by atoms with E-state index in [2.05, 4.69) is 8.75 Å². The molecule has 1 aromatic carbocycles. The van der Waals surface area contributed by atoms with E-state index in [0.29, 0.717) is 36.8 Å². The Hall–Kier alpha value is -3.03. The largest absolute Gasteiger partial charge is 0.472 e. The molecule has 5 rings (SSSR count). The molecule has 4 unspecified atom stereocenters. The van der Waals surface area contributed by atoms with E-state index < -0.39 is 36.6 Å². The Balaban J connectivity index is 1.23. The molecule has 33 heavy (non-hydrogen) atoms. The van der Waals surface area contributed by atoms with Crippen LogP contribution in [0.2, 0.25) is 0 Å². The summed E-state index contributed by atoms with van der Waals surface area (Å²) in [4.78, 5) is 29.3. The van der Waals surface area contributed by atoms with Crippen molar-refractivity contribution >= 4 is 35.1 Å². The van der Waals surface area contributed by atoms with Gasteiger partial charge in [-0.3, -0.25) is 9.69 Å². The van der Waals surface area contributed by atoms with Gasteiger partial charge in [0.1, 0.15) is 18.6 Å². The highest BCUT2D eigenvalue weighted by Crippen LogP contribution is 2.37. The van der Waals surface area contributed by atoms with Crippen LogP contribution in [-0.4, -0.2) is 93.0 Å². The Kier molecular flexibility index (Phi) is 5.76. The van der Waals surface area contributed by atoms with Gasteiger partial charge in [-0.05, 0) is 24.6 Å². The molecule has 0 aliphatic carbocycles. The first-order chi connectivity index (χ1) is 15.9. The molecule has 4 heterocycles. The smallest absolute Gasteiger partial charge is 0.414 e. The summed E-state index contributed by atoms with van der Waals surface area (Å²) >= 11 is 1.01. The first kappa shape index (κ1) is 21.8. The Morgan fingerprint density at radius 3 is 2.85 bits per heavy atom. The average Bonchev–Trinajstić information content (AvgIpc) is 3.60. The predicted molar refractivity (Wildman–Crippen MR) is 114 cm³/mol. The van der Waals surface area contributed by atoms with Crippen LogP contribution in [0.5, 0.6) is 5.88 Å². The van der Waals surface area contributed by atoms with Crippen LogP contribution in [0.15, 0.2) is 24.4 Å². The van der Waals surface area contributed by atoms with Gasteiger partial charge >= 0.3 is 6.09 Å². The summed E-state index contributed by atoms with van der Waals surface area (Å²) in [6, 6.07) is 4.36. The molecule has 13 heteroatoms. The Labute approximate surface area is 192 Å². The summed E-state index contributed by atoms with van der Waals surface area (Å²) in [5, 5.41) is 18.6. The number of amides is 2. The molecule has 1 aromatic heterocycles. The maximum Gasteiger partial charge on any atom is 0.414 e. The number of anilines is 2. The van der Waals surface area contributed by atoms with Gasteiger partial charge in [0.2, 0.25) is 5.88 Å². The van der Waals surface area contributed by atoms with E-state index in [1.807, 2.05) is 4.90 Å². The molecular weight excluding hydrogens is 457 g/mol. The van der Waals surface area contributed by atoms with Gasteiger partial charge in [-0.2, -0.15) is 4.37 Å². The van der Waals surface area contributed by atoms with E-state index in [4.69, 9.17) is 14.6 Å². The van der Waals surface area contributed by atoms with E-state index >= 15 is 4.39 Å². The summed E-state index contributed by atoms with van der Waals surface area (Å²) in [6.45, 7) is 0.498. The van der Waals surface area contributed by atoms with Crippen molar-refractivity contribution in [3.63, 3.8) is 0 Å². The fourth-order valence-electron chi connectivity index (χ4n) is 4.62. The normalized spacial score (nSPS) is 25.0. The van der Waals surface area contributed by atoms with Gasteiger partial charge in [0, 0.05) is 19.1 Å². The highest BCUT2D eigenvalue weighted by Gasteiger charge is 2.47. The van der Waals surface area contributed by atoms with Crippen molar-refractivity contribution in [2.75, 3.05) is 42.6 Å². The van der Waals surface area contributed by atoms with Crippen LogP contribution in [-0.2, 0) is 9.53 Å². The zero-order valence-corrected chi connectivity index (χ0v) is 18.2. The van der Waals surface area contributed by atoms with Gasteiger partial charge in [-0.25, -0.2) is 9.18 Å². The third-order valence-electron chi connectivity index (χ3n) is 6.17. The van der Waals surface area contributed by atoms with Gasteiger partial charge in [0.15, 0.2) is 12.2 Å². The zero-order valence-electron chi connectivity index (χ0n) is 17.4. The summed E-state index contributed by atoms with van der Waals surface area (Å²) in [5.41, 5.74) is 0.774.